The second kappa shape index (κ2) is 5.49. The lowest BCUT2D eigenvalue weighted by Crippen LogP contribution is -2.30. The zero-order valence-corrected chi connectivity index (χ0v) is 12.3. The minimum absolute atomic E-state index is 0.734. The minimum atomic E-state index is 0.734. The Morgan fingerprint density at radius 2 is 2.00 bits per heavy atom. The Hall–Kier alpha value is -1.87. The first-order valence-corrected chi connectivity index (χ1v) is 7.88. The van der Waals surface area contributed by atoms with Crippen LogP contribution < -0.4 is 10.2 Å². The topological polar surface area (TPSA) is 28.2 Å². The maximum Gasteiger partial charge on any atom is 0.0562 e. The Labute approximate surface area is 126 Å². The van der Waals surface area contributed by atoms with Gasteiger partial charge in [0, 0.05) is 37.6 Å². The molecule has 1 aromatic heterocycles. The van der Waals surface area contributed by atoms with E-state index in [0.29, 0.717) is 0 Å². The number of hydrogen-bond acceptors (Lipinski definition) is 3. The molecule has 2 aromatic rings. The number of nitrogens with one attached hydrogen (secondary N) is 1. The molecule has 0 amide bonds. The van der Waals surface area contributed by atoms with Crippen molar-refractivity contribution in [2.24, 2.45) is 0 Å². The summed E-state index contributed by atoms with van der Waals surface area (Å²) in [5, 5.41) is 3.54. The number of anilines is 1. The number of hydrogen-bond donors (Lipinski definition) is 1. The van der Waals surface area contributed by atoms with Gasteiger partial charge in [0.25, 0.3) is 0 Å². The zero-order chi connectivity index (χ0) is 14.1. The van der Waals surface area contributed by atoms with E-state index >= 15 is 0 Å². The summed E-state index contributed by atoms with van der Waals surface area (Å²) in [5.41, 5.74) is 5.40. The highest BCUT2D eigenvalue weighted by Crippen LogP contribution is 2.25. The van der Waals surface area contributed by atoms with Gasteiger partial charge >= 0.3 is 0 Å². The van der Waals surface area contributed by atoms with E-state index < -0.39 is 0 Å². The van der Waals surface area contributed by atoms with E-state index in [9.17, 15) is 0 Å². The average Bonchev–Trinajstić information content (AvgIpc) is 3.37. The average molecular weight is 279 g/mol. The maximum atomic E-state index is 4.49. The summed E-state index contributed by atoms with van der Waals surface area (Å²) in [4.78, 5) is 6.95. The van der Waals surface area contributed by atoms with E-state index in [1.807, 2.05) is 6.20 Å². The summed E-state index contributed by atoms with van der Waals surface area (Å²) in [5.74, 6) is 0. The van der Waals surface area contributed by atoms with E-state index in [-0.39, 0.29) is 0 Å². The van der Waals surface area contributed by atoms with Crippen LogP contribution in [-0.4, -0.2) is 17.6 Å². The van der Waals surface area contributed by atoms with Gasteiger partial charge in [-0.1, -0.05) is 24.3 Å². The number of aromatic nitrogens is 1. The maximum absolute atomic E-state index is 4.49. The fourth-order valence-corrected chi connectivity index (χ4v) is 3.01. The van der Waals surface area contributed by atoms with Gasteiger partial charge in [-0.25, -0.2) is 0 Å². The third kappa shape index (κ3) is 2.93. The highest BCUT2D eigenvalue weighted by atomic mass is 15.1. The molecule has 4 rings (SSSR count). The number of pyridine rings is 1. The van der Waals surface area contributed by atoms with E-state index in [1.54, 1.807) is 0 Å². The first-order valence-electron chi connectivity index (χ1n) is 7.88. The predicted octanol–water partition coefficient (Wildman–Crippen LogP) is 2.90. The van der Waals surface area contributed by atoms with Crippen molar-refractivity contribution in [2.45, 2.75) is 38.4 Å². The summed E-state index contributed by atoms with van der Waals surface area (Å²) in [6, 6.07) is 13.9. The smallest absolute Gasteiger partial charge is 0.0562 e. The molecule has 108 valence electrons. The lowest BCUT2D eigenvalue weighted by atomic mass is 9.99. The molecule has 0 atom stereocenters. The lowest BCUT2D eigenvalue weighted by Gasteiger charge is -2.30. The van der Waals surface area contributed by atoms with E-state index in [1.165, 1.54) is 29.7 Å². The molecule has 0 radical (unpaired) electrons. The Morgan fingerprint density at radius 3 is 2.86 bits per heavy atom. The quantitative estimate of drug-likeness (QED) is 0.932. The summed E-state index contributed by atoms with van der Waals surface area (Å²) in [6.45, 7) is 3.00. The fraction of sp³-hybridized carbons (Fsp3) is 0.389. The predicted molar refractivity (Wildman–Crippen MR) is 85.3 cm³/mol. The number of benzene rings is 1. The van der Waals surface area contributed by atoms with Gasteiger partial charge in [-0.05, 0) is 42.5 Å². The minimum Gasteiger partial charge on any atom is -0.367 e. The number of rotatable bonds is 4. The molecule has 0 saturated heterocycles. The van der Waals surface area contributed by atoms with Crippen LogP contribution in [-0.2, 0) is 19.5 Å². The van der Waals surface area contributed by atoms with Gasteiger partial charge in [0.05, 0.1) is 5.69 Å². The van der Waals surface area contributed by atoms with Crippen LogP contribution in [0.25, 0.3) is 0 Å². The van der Waals surface area contributed by atoms with E-state index in [4.69, 9.17) is 0 Å². The van der Waals surface area contributed by atoms with Crippen molar-refractivity contribution in [3.8, 4) is 0 Å². The van der Waals surface area contributed by atoms with Crippen molar-refractivity contribution < 1.29 is 0 Å². The van der Waals surface area contributed by atoms with Crippen molar-refractivity contribution in [3.05, 3.63) is 59.4 Å². The molecule has 3 heteroatoms. The summed E-state index contributed by atoms with van der Waals surface area (Å²) < 4.78 is 0. The van der Waals surface area contributed by atoms with Gasteiger partial charge in [-0.2, -0.15) is 0 Å². The van der Waals surface area contributed by atoms with Gasteiger partial charge < -0.3 is 10.2 Å². The summed E-state index contributed by atoms with van der Waals surface area (Å²) in [6.07, 6.45) is 5.72. The van der Waals surface area contributed by atoms with Crippen molar-refractivity contribution in [3.63, 3.8) is 0 Å². The normalized spacial score (nSPS) is 17.6. The Morgan fingerprint density at radius 1 is 1.14 bits per heavy atom. The Balaban J connectivity index is 1.49. The third-order valence-electron chi connectivity index (χ3n) is 4.45. The molecule has 1 fully saturated rings. The van der Waals surface area contributed by atoms with Crippen LogP contribution in [0.4, 0.5) is 5.69 Å². The lowest BCUT2D eigenvalue weighted by molar-refractivity contribution is 0.672. The van der Waals surface area contributed by atoms with Crippen molar-refractivity contribution in [1.29, 1.82) is 0 Å². The Kier molecular flexibility index (Phi) is 3.36. The first-order chi connectivity index (χ1) is 10.4. The molecular weight excluding hydrogens is 258 g/mol. The fourth-order valence-electron chi connectivity index (χ4n) is 3.01. The molecule has 0 spiro atoms. The van der Waals surface area contributed by atoms with Gasteiger partial charge in [-0.3, -0.25) is 4.98 Å². The van der Waals surface area contributed by atoms with Gasteiger partial charge in [0.15, 0.2) is 0 Å². The van der Waals surface area contributed by atoms with Crippen LogP contribution in [0, 0.1) is 0 Å². The molecule has 2 heterocycles. The Bertz CT molecular complexity index is 634. The van der Waals surface area contributed by atoms with Crippen LogP contribution in [0.1, 0.15) is 29.7 Å². The molecule has 1 saturated carbocycles. The molecule has 21 heavy (non-hydrogen) atoms. The molecule has 1 N–H and O–H groups in total. The summed E-state index contributed by atoms with van der Waals surface area (Å²) in [7, 11) is 0. The largest absolute Gasteiger partial charge is 0.367 e. The van der Waals surface area contributed by atoms with Gasteiger partial charge in [0.1, 0.15) is 0 Å². The van der Waals surface area contributed by atoms with Crippen molar-refractivity contribution >= 4 is 5.69 Å². The second-order valence-electron chi connectivity index (χ2n) is 6.10. The van der Waals surface area contributed by atoms with E-state index in [0.717, 1.165) is 37.8 Å². The van der Waals surface area contributed by atoms with Crippen molar-refractivity contribution in [2.75, 3.05) is 11.4 Å². The molecule has 2 aliphatic rings. The van der Waals surface area contributed by atoms with Gasteiger partial charge in [-0.15, -0.1) is 0 Å². The molecule has 0 unspecified atom stereocenters. The molecule has 0 bridgehead atoms. The second-order valence-corrected chi connectivity index (χ2v) is 6.10. The van der Waals surface area contributed by atoms with E-state index in [2.05, 4.69) is 51.6 Å². The molecule has 1 aromatic carbocycles. The van der Waals surface area contributed by atoms with Crippen LogP contribution in [0.2, 0.25) is 0 Å². The monoisotopic (exact) mass is 279 g/mol. The SMILES string of the molecule is c1ccc2c(c1)CCN(c1ccnc(CNC3CC3)c1)C2. The molecule has 1 aliphatic carbocycles. The van der Waals surface area contributed by atoms with Gasteiger partial charge in [0.2, 0.25) is 0 Å². The highest BCUT2D eigenvalue weighted by molar-refractivity contribution is 5.49. The zero-order valence-electron chi connectivity index (χ0n) is 12.3. The highest BCUT2D eigenvalue weighted by Gasteiger charge is 2.20. The standard InChI is InChI=1S/C18H21N3/c1-2-4-15-13-21(10-8-14(15)3-1)18-7-9-19-17(11-18)12-20-16-5-6-16/h1-4,7,9,11,16,20H,5-6,8,10,12-13H2. The van der Waals surface area contributed by atoms with Crippen LogP contribution in [0.5, 0.6) is 0 Å². The van der Waals surface area contributed by atoms with Crippen LogP contribution >= 0.6 is 0 Å². The van der Waals surface area contributed by atoms with Crippen molar-refractivity contribution in [1.82, 2.24) is 10.3 Å². The van der Waals surface area contributed by atoms with Crippen LogP contribution in [0.15, 0.2) is 42.6 Å². The number of nitrogens with zero attached hydrogens (tertiary/aromatic N) is 2. The molecule has 3 nitrogen and oxygen atoms in total. The third-order valence-corrected chi connectivity index (χ3v) is 4.45. The summed E-state index contributed by atoms with van der Waals surface area (Å²) >= 11 is 0. The molecular formula is C18H21N3. The number of fused-ring (bicyclic) bond motifs is 1. The first kappa shape index (κ1) is 12.8. The van der Waals surface area contributed by atoms with Crippen LogP contribution in [0.3, 0.4) is 0 Å². The molecule has 1 aliphatic heterocycles.